The molecule has 0 saturated carbocycles. The van der Waals surface area contributed by atoms with Crippen molar-refractivity contribution in [2.45, 2.75) is 70.3 Å². The first-order chi connectivity index (χ1) is 18.1. The minimum Gasteiger partial charge on any atom is -0.386 e. The van der Waals surface area contributed by atoms with Crippen LogP contribution in [0.4, 0.5) is 16.3 Å². The second-order valence-corrected chi connectivity index (χ2v) is 11.0. The Morgan fingerprint density at radius 1 is 1.18 bits per heavy atom. The summed E-state index contributed by atoms with van der Waals surface area (Å²) in [6.07, 6.45) is 1.53. The molecule has 204 valence electrons. The number of aromatic nitrogens is 3. The van der Waals surface area contributed by atoms with Crippen LogP contribution in [0.2, 0.25) is 0 Å². The molecule has 0 bridgehead atoms. The van der Waals surface area contributed by atoms with Crippen LogP contribution in [0.25, 0.3) is 11.0 Å². The van der Waals surface area contributed by atoms with E-state index in [9.17, 15) is 9.90 Å². The summed E-state index contributed by atoms with van der Waals surface area (Å²) in [7, 11) is 0. The molecule has 0 spiro atoms. The van der Waals surface area contributed by atoms with Crippen molar-refractivity contribution in [1.82, 2.24) is 24.8 Å². The molecule has 11 heteroatoms. The molecule has 2 aromatic heterocycles. The monoisotopic (exact) mass is 523 g/mol. The lowest BCUT2D eigenvalue weighted by molar-refractivity contribution is -0.176. The van der Waals surface area contributed by atoms with Gasteiger partial charge in [0, 0.05) is 31.5 Å². The smallest absolute Gasteiger partial charge is 0.319 e. The van der Waals surface area contributed by atoms with Crippen LogP contribution >= 0.6 is 0 Å². The molecule has 4 heterocycles. The van der Waals surface area contributed by atoms with Gasteiger partial charge in [0.15, 0.2) is 6.23 Å². The second-order valence-electron chi connectivity index (χ2n) is 11.0. The number of aliphatic hydroxyl groups is 1. The molecule has 0 radical (unpaired) electrons. The van der Waals surface area contributed by atoms with Gasteiger partial charge in [-0.3, -0.25) is 4.90 Å². The third-order valence-electron chi connectivity index (χ3n) is 7.32. The zero-order valence-electron chi connectivity index (χ0n) is 22.3. The number of nitrogens with one attached hydrogen (secondary N) is 2. The summed E-state index contributed by atoms with van der Waals surface area (Å²) in [5, 5.41) is 17.5. The van der Waals surface area contributed by atoms with Crippen molar-refractivity contribution in [1.29, 1.82) is 0 Å². The molecule has 1 aromatic carbocycles. The Morgan fingerprint density at radius 3 is 2.68 bits per heavy atom. The van der Waals surface area contributed by atoms with Crippen LogP contribution in [-0.2, 0) is 14.9 Å². The van der Waals surface area contributed by atoms with Gasteiger partial charge in [0.1, 0.15) is 42.3 Å². The molecule has 2 aliphatic rings. The predicted molar refractivity (Wildman–Crippen MR) is 145 cm³/mol. The van der Waals surface area contributed by atoms with Gasteiger partial charge in [0.05, 0.1) is 5.39 Å². The highest BCUT2D eigenvalue weighted by atomic mass is 16.6. The van der Waals surface area contributed by atoms with Crippen molar-refractivity contribution in [3.05, 3.63) is 48.4 Å². The van der Waals surface area contributed by atoms with E-state index in [0.717, 1.165) is 12.1 Å². The Hall–Kier alpha value is -3.25. The third-order valence-corrected chi connectivity index (χ3v) is 7.32. The molecule has 2 aliphatic heterocycles. The first-order valence-corrected chi connectivity index (χ1v) is 13.1. The highest BCUT2D eigenvalue weighted by molar-refractivity contribution is 5.89. The van der Waals surface area contributed by atoms with E-state index in [1.165, 1.54) is 11.9 Å². The molecule has 11 nitrogen and oxygen atoms in total. The number of hydrogen-bond donors (Lipinski definition) is 4. The number of benzene rings is 1. The topological polar surface area (TPSA) is 140 Å². The molecule has 5 atom stereocenters. The Kier molecular flexibility index (Phi) is 7.28. The lowest BCUT2D eigenvalue weighted by atomic mass is 9.87. The molecular weight excluding hydrogens is 486 g/mol. The van der Waals surface area contributed by atoms with Gasteiger partial charge in [0.25, 0.3) is 0 Å². The number of carbonyl (C=O) groups excluding carboxylic acids is 1. The van der Waals surface area contributed by atoms with E-state index in [-0.39, 0.29) is 23.8 Å². The number of hydrogen-bond acceptors (Lipinski definition) is 8. The number of urea groups is 1. The predicted octanol–water partition coefficient (Wildman–Crippen LogP) is 2.83. The number of anilines is 2. The molecule has 2 fully saturated rings. The molecule has 2 amide bonds. The van der Waals surface area contributed by atoms with E-state index in [0.29, 0.717) is 36.5 Å². The molecule has 1 unspecified atom stereocenters. The molecule has 0 aliphatic carbocycles. The Bertz CT molecular complexity index is 1270. The number of nitrogen functional groups attached to an aromatic ring is 1. The Balaban J connectivity index is 1.11. The minimum absolute atomic E-state index is 0.0682. The van der Waals surface area contributed by atoms with E-state index >= 15 is 0 Å². The number of aliphatic hydroxyl groups excluding tert-OH is 1. The van der Waals surface area contributed by atoms with Gasteiger partial charge in [-0.05, 0) is 42.5 Å². The molecule has 2 saturated heterocycles. The maximum absolute atomic E-state index is 12.3. The Labute approximate surface area is 222 Å². The van der Waals surface area contributed by atoms with E-state index in [1.54, 1.807) is 10.8 Å². The highest BCUT2D eigenvalue weighted by Gasteiger charge is 2.50. The number of nitrogens with zero attached hydrogens (tertiary/aromatic N) is 4. The average molecular weight is 524 g/mol. The lowest BCUT2D eigenvalue weighted by Gasteiger charge is -2.39. The summed E-state index contributed by atoms with van der Waals surface area (Å²) < 4.78 is 14.2. The van der Waals surface area contributed by atoms with Crippen LogP contribution in [0.1, 0.15) is 45.9 Å². The molecule has 3 aromatic rings. The maximum Gasteiger partial charge on any atom is 0.319 e. The fourth-order valence-electron chi connectivity index (χ4n) is 5.14. The molecule has 5 rings (SSSR count). The average Bonchev–Trinajstić information content (AvgIpc) is 3.43. The van der Waals surface area contributed by atoms with Gasteiger partial charge in [-0.2, -0.15) is 0 Å². The van der Waals surface area contributed by atoms with Crippen LogP contribution < -0.4 is 16.4 Å². The van der Waals surface area contributed by atoms with E-state index in [2.05, 4.69) is 46.3 Å². The van der Waals surface area contributed by atoms with Crippen LogP contribution in [0.15, 0.2) is 42.9 Å². The summed E-state index contributed by atoms with van der Waals surface area (Å²) >= 11 is 0. The van der Waals surface area contributed by atoms with Crippen molar-refractivity contribution < 1.29 is 19.4 Å². The van der Waals surface area contributed by atoms with Crippen molar-refractivity contribution in [3.8, 4) is 0 Å². The van der Waals surface area contributed by atoms with Gasteiger partial charge >= 0.3 is 6.03 Å². The van der Waals surface area contributed by atoms with Crippen molar-refractivity contribution in [3.63, 3.8) is 0 Å². The number of carbonyl (C=O) groups is 1. The van der Waals surface area contributed by atoms with Crippen LogP contribution in [0.5, 0.6) is 0 Å². The minimum atomic E-state index is -0.848. The van der Waals surface area contributed by atoms with E-state index in [4.69, 9.17) is 15.2 Å². The van der Waals surface area contributed by atoms with E-state index < -0.39 is 18.4 Å². The standard InChI is InChI=1S/C27H37N7O4/c1-16-33(12-5-11-29-26(36)32-18-8-6-17(7-9-18)27(2,3)4)14-20-22(37-16)21(35)25(38-20)34-13-10-19-23(28)30-15-31-24(19)34/h6-10,13,15-16,20-22,25,35H,5,11-12,14H2,1-4H3,(H2,28,30,31)(H2,29,32,36)/t16?,20-,21-,22-,25-/m1/s1. The third kappa shape index (κ3) is 5.32. The molecule has 5 N–H and O–H groups in total. The summed E-state index contributed by atoms with van der Waals surface area (Å²) in [5.41, 5.74) is 8.62. The summed E-state index contributed by atoms with van der Waals surface area (Å²) in [4.78, 5) is 22.8. The van der Waals surface area contributed by atoms with Crippen LogP contribution in [-0.4, -0.2) is 74.7 Å². The van der Waals surface area contributed by atoms with Crippen molar-refractivity contribution in [2.24, 2.45) is 0 Å². The van der Waals surface area contributed by atoms with Gasteiger partial charge in [-0.25, -0.2) is 14.8 Å². The zero-order valence-corrected chi connectivity index (χ0v) is 22.3. The normalized spacial score (nSPS) is 25.9. The van der Waals surface area contributed by atoms with Gasteiger partial charge in [-0.15, -0.1) is 0 Å². The van der Waals surface area contributed by atoms with E-state index in [1.807, 2.05) is 37.3 Å². The molecule has 38 heavy (non-hydrogen) atoms. The van der Waals surface area contributed by atoms with Gasteiger partial charge in [0.2, 0.25) is 0 Å². The lowest BCUT2D eigenvalue weighted by Crippen LogP contribution is -2.54. The highest BCUT2D eigenvalue weighted by Crippen LogP contribution is 2.37. The second kappa shape index (κ2) is 10.5. The number of nitrogens with two attached hydrogens (primary N) is 1. The molecular formula is C27H37N7O4. The number of amides is 2. The van der Waals surface area contributed by atoms with Crippen molar-refractivity contribution >= 4 is 28.6 Å². The number of ether oxygens (including phenoxy) is 2. The first kappa shape index (κ1) is 26.4. The quantitative estimate of drug-likeness (QED) is 0.362. The summed E-state index contributed by atoms with van der Waals surface area (Å²) in [6.45, 7) is 10.3. The summed E-state index contributed by atoms with van der Waals surface area (Å²) in [5.74, 6) is 0.385. The van der Waals surface area contributed by atoms with Gasteiger partial charge < -0.3 is 35.5 Å². The van der Waals surface area contributed by atoms with Gasteiger partial charge in [-0.1, -0.05) is 32.9 Å². The Morgan fingerprint density at radius 2 is 1.95 bits per heavy atom. The van der Waals surface area contributed by atoms with Crippen molar-refractivity contribution in [2.75, 3.05) is 30.7 Å². The van der Waals surface area contributed by atoms with Crippen LogP contribution in [0.3, 0.4) is 0 Å². The first-order valence-electron chi connectivity index (χ1n) is 13.1. The zero-order chi connectivity index (χ0) is 27.0. The number of fused-ring (bicyclic) bond motifs is 2. The maximum atomic E-state index is 12.3. The summed E-state index contributed by atoms with van der Waals surface area (Å²) in [6, 6.07) is 9.51. The SMILES string of the molecule is CC1O[C@H]2[C@@H](O)[C@H](n3ccc4c(N)ncnc43)O[C@@H]2CN1CCCNC(=O)Nc1ccc(C(C)(C)C)cc1. The number of rotatable bonds is 6. The van der Waals surface area contributed by atoms with Crippen LogP contribution in [0, 0.1) is 0 Å². The largest absolute Gasteiger partial charge is 0.386 e. The fourth-order valence-corrected chi connectivity index (χ4v) is 5.14. The fraction of sp³-hybridized carbons (Fsp3) is 0.519.